The van der Waals surface area contributed by atoms with Crippen molar-refractivity contribution in [3.63, 3.8) is 0 Å². The summed E-state index contributed by atoms with van der Waals surface area (Å²) in [4.78, 5) is 30.6. The van der Waals surface area contributed by atoms with Crippen molar-refractivity contribution >= 4 is 34.6 Å². The summed E-state index contributed by atoms with van der Waals surface area (Å²) in [7, 11) is 0. The normalized spacial score (nSPS) is 10.7. The van der Waals surface area contributed by atoms with E-state index in [1.165, 1.54) is 6.92 Å². The molecule has 3 rings (SSSR count). The van der Waals surface area contributed by atoms with Gasteiger partial charge in [-0.05, 0) is 29.8 Å². The van der Waals surface area contributed by atoms with E-state index in [-0.39, 0.29) is 11.8 Å². The molecule has 6 nitrogen and oxygen atoms in total. The number of carbonyl (C=O) groups excluding carboxylic acids is 2. The van der Waals surface area contributed by atoms with E-state index >= 15 is 0 Å². The molecule has 134 valence electrons. The Hall–Kier alpha value is -2.80. The molecule has 2 amide bonds. The molecule has 1 aromatic heterocycles. The van der Waals surface area contributed by atoms with Crippen molar-refractivity contribution < 1.29 is 9.59 Å². The van der Waals surface area contributed by atoms with Crippen LogP contribution in [0.3, 0.4) is 0 Å². The van der Waals surface area contributed by atoms with E-state index in [2.05, 4.69) is 20.6 Å². The Morgan fingerprint density at radius 2 is 1.77 bits per heavy atom. The van der Waals surface area contributed by atoms with E-state index < -0.39 is 0 Å². The molecule has 0 saturated heterocycles. The lowest BCUT2D eigenvalue weighted by Crippen LogP contribution is -2.33. The maximum absolute atomic E-state index is 12.0. The standard InChI is InChI=1S/C19H20N4O2S/c1-13(24)20-10-11-21-18(25)15-8-6-14(7-9-15)12-26-19-22-16-4-2-3-5-17(16)23-19/h2-9H,10-12H2,1H3,(H,20,24)(H,21,25)(H,22,23). The topological polar surface area (TPSA) is 86.9 Å². The van der Waals surface area contributed by atoms with Gasteiger partial charge in [-0.1, -0.05) is 36.0 Å². The molecule has 0 aliphatic carbocycles. The van der Waals surface area contributed by atoms with E-state index in [1.807, 2.05) is 48.5 Å². The molecule has 1 heterocycles. The smallest absolute Gasteiger partial charge is 0.251 e. The second-order valence-electron chi connectivity index (χ2n) is 5.78. The summed E-state index contributed by atoms with van der Waals surface area (Å²) in [6.07, 6.45) is 0. The van der Waals surface area contributed by atoms with Gasteiger partial charge in [-0.25, -0.2) is 4.98 Å². The van der Waals surface area contributed by atoms with E-state index in [1.54, 1.807) is 11.8 Å². The molecule has 3 aromatic rings. The van der Waals surface area contributed by atoms with Crippen LogP contribution in [-0.4, -0.2) is 34.9 Å². The van der Waals surface area contributed by atoms with Crippen LogP contribution in [0, 0.1) is 0 Å². The van der Waals surface area contributed by atoms with Crippen LogP contribution in [-0.2, 0) is 10.5 Å². The Morgan fingerprint density at radius 1 is 1.04 bits per heavy atom. The third kappa shape index (κ3) is 4.86. The first kappa shape index (κ1) is 18.0. The maximum Gasteiger partial charge on any atom is 0.251 e. The molecule has 0 aliphatic rings. The zero-order chi connectivity index (χ0) is 18.4. The number of hydrogen-bond acceptors (Lipinski definition) is 4. The Balaban J connectivity index is 1.50. The summed E-state index contributed by atoms with van der Waals surface area (Å²) < 4.78 is 0. The van der Waals surface area contributed by atoms with Crippen LogP contribution in [0.2, 0.25) is 0 Å². The summed E-state index contributed by atoms with van der Waals surface area (Å²) in [6.45, 7) is 2.28. The fourth-order valence-corrected chi connectivity index (χ4v) is 3.26. The zero-order valence-corrected chi connectivity index (χ0v) is 15.2. The first-order chi connectivity index (χ1) is 12.6. The quantitative estimate of drug-likeness (QED) is 0.442. The Morgan fingerprint density at radius 3 is 2.50 bits per heavy atom. The molecular weight excluding hydrogens is 348 g/mol. The number of aromatic nitrogens is 2. The van der Waals surface area contributed by atoms with E-state index in [0.717, 1.165) is 27.5 Å². The Kier molecular flexibility index (Phi) is 5.91. The number of aromatic amines is 1. The highest BCUT2D eigenvalue weighted by molar-refractivity contribution is 7.98. The first-order valence-electron chi connectivity index (χ1n) is 8.31. The average Bonchev–Trinajstić information content (AvgIpc) is 3.06. The number of H-pyrrole nitrogens is 1. The summed E-state index contributed by atoms with van der Waals surface area (Å²) in [5, 5.41) is 6.29. The molecule has 0 atom stereocenters. The van der Waals surface area contributed by atoms with Crippen LogP contribution in [0.4, 0.5) is 0 Å². The maximum atomic E-state index is 12.0. The highest BCUT2D eigenvalue weighted by Crippen LogP contribution is 2.23. The molecule has 0 bridgehead atoms. The summed E-state index contributed by atoms with van der Waals surface area (Å²) in [5.41, 5.74) is 3.71. The van der Waals surface area contributed by atoms with Crippen molar-refractivity contribution in [3.8, 4) is 0 Å². The highest BCUT2D eigenvalue weighted by Gasteiger charge is 2.06. The van der Waals surface area contributed by atoms with E-state index in [0.29, 0.717) is 18.7 Å². The molecule has 0 radical (unpaired) electrons. The number of para-hydroxylation sites is 2. The third-order valence-corrected chi connectivity index (χ3v) is 4.69. The zero-order valence-electron chi connectivity index (χ0n) is 14.4. The highest BCUT2D eigenvalue weighted by atomic mass is 32.2. The van der Waals surface area contributed by atoms with Crippen LogP contribution >= 0.6 is 11.8 Å². The number of thioether (sulfide) groups is 1. The average molecular weight is 368 g/mol. The lowest BCUT2D eigenvalue weighted by Gasteiger charge is -2.06. The molecule has 2 aromatic carbocycles. The van der Waals surface area contributed by atoms with Crippen LogP contribution in [0.5, 0.6) is 0 Å². The van der Waals surface area contributed by atoms with Crippen molar-refractivity contribution in [2.45, 2.75) is 17.8 Å². The fourth-order valence-electron chi connectivity index (χ4n) is 2.42. The van der Waals surface area contributed by atoms with Gasteiger partial charge in [-0.3, -0.25) is 9.59 Å². The second-order valence-corrected chi connectivity index (χ2v) is 6.75. The largest absolute Gasteiger partial charge is 0.355 e. The van der Waals surface area contributed by atoms with E-state index in [9.17, 15) is 9.59 Å². The van der Waals surface area contributed by atoms with Crippen molar-refractivity contribution in [1.29, 1.82) is 0 Å². The molecule has 0 aliphatic heterocycles. The predicted octanol–water partition coefficient (Wildman–Crippen LogP) is 2.72. The van der Waals surface area contributed by atoms with Crippen molar-refractivity contribution in [3.05, 3.63) is 59.7 Å². The van der Waals surface area contributed by atoms with Gasteiger partial charge in [0.1, 0.15) is 0 Å². The number of hydrogen-bond donors (Lipinski definition) is 3. The van der Waals surface area contributed by atoms with Gasteiger partial charge in [0.05, 0.1) is 11.0 Å². The first-order valence-corrected chi connectivity index (χ1v) is 9.29. The predicted molar refractivity (Wildman–Crippen MR) is 103 cm³/mol. The molecule has 0 saturated carbocycles. The monoisotopic (exact) mass is 368 g/mol. The number of rotatable bonds is 7. The van der Waals surface area contributed by atoms with Gasteiger partial charge < -0.3 is 15.6 Å². The van der Waals surface area contributed by atoms with Gasteiger partial charge >= 0.3 is 0 Å². The number of benzene rings is 2. The van der Waals surface area contributed by atoms with E-state index in [4.69, 9.17) is 0 Å². The fraction of sp³-hybridized carbons (Fsp3) is 0.211. The summed E-state index contributed by atoms with van der Waals surface area (Å²) >= 11 is 1.63. The van der Waals surface area contributed by atoms with Crippen LogP contribution in [0.1, 0.15) is 22.8 Å². The lowest BCUT2D eigenvalue weighted by molar-refractivity contribution is -0.118. The Bertz CT molecular complexity index is 872. The van der Waals surface area contributed by atoms with Crippen molar-refractivity contribution in [2.24, 2.45) is 0 Å². The number of nitrogens with zero attached hydrogens (tertiary/aromatic N) is 1. The summed E-state index contributed by atoms with van der Waals surface area (Å²) in [6, 6.07) is 15.4. The molecule has 0 unspecified atom stereocenters. The minimum atomic E-state index is -0.146. The van der Waals surface area contributed by atoms with Gasteiger partial charge in [0.15, 0.2) is 5.16 Å². The van der Waals surface area contributed by atoms with Gasteiger partial charge in [-0.15, -0.1) is 0 Å². The number of nitrogens with one attached hydrogen (secondary N) is 3. The third-order valence-electron chi connectivity index (χ3n) is 3.74. The number of imidazole rings is 1. The molecule has 0 fully saturated rings. The van der Waals surface area contributed by atoms with Crippen molar-refractivity contribution in [1.82, 2.24) is 20.6 Å². The Labute approximate surface area is 155 Å². The minimum Gasteiger partial charge on any atom is -0.355 e. The molecule has 26 heavy (non-hydrogen) atoms. The lowest BCUT2D eigenvalue weighted by atomic mass is 10.1. The number of amides is 2. The number of carbonyl (C=O) groups is 2. The molecular formula is C19H20N4O2S. The SMILES string of the molecule is CC(=O)NCCNC(=O)c1ccc(CSc2nc3ccccc3[nH]2)cc1. The van der Waals surface area contributed by atoms with Crippen LogP contribution in [0.25, 0.3) is 11.0 Å². The van der Waals surface area contributed by atoms with Gasteiger partial charge in [-0.2, -0.15) is 0 Å². The minimum absolute atomic E-state index is 0.106. The van der Waals surface area contributed by atoms with Crippen LogP contribution < -0.4 is 10.6 Å². The number of fused-ring (bicyclic) bond motifs is 1. The van der Waals surface area contributed by atoms with Gasteiger partial charge in [0.25, 0.3) is 5.91 Å². The molecule has 7 heteroatoms. The molecule has 3 N–H and O–H groups in total. The second kappa shape index (κ2) is 8.53. The van der Waals surface area contributed by atoms with Crippen LogP contribution in [0.15, 0.2) is 53.7 Å². The van der Waals surface area contributed by atoms with Crippen molar-refractivity contribution in [2.75, 3.05) is 13.1 Å². The van der Waals surface area contributed by atoms with Gasteiger partial charge in [0.2, 0.25) is 5.91 Å². The summed E-state index contributed by atoms with van der Waals surface area (Å²) in [5.74, 6) is 0.516. The molecule has 0 spiro atoms. The van der Waals surface area contributed by atoms with Gasteiger partial charge in [0, 0.05) is 31.3 Å².